The van der Waals surface area contributed by atoms with Crippen LogP contribution in [0.4, 0.5) is 11.4 Å². The number of non-ortho nitro benzene ring substituents is 1. The molecule has 0 spiro atoms. The number of nitro benzene ring substituents is 1. The van der Waals surface area contributed by atoms with Gasteiger partial charge >= 0.3 is 0 Å². The van der Waals surface area contributed by atoms with Crippen LogP contribution >= 0.6 is 0 Å². The van der Waals surface area contributed by atoms with Crippen LogP contribution in [-0.2, 0) is 4.79 Å². The lowest BCUT2D eigenvalue weighted by molar-refractivity contribution is -0.384. The van der Waals surface area contributed by atoms with Crippen LogP contribution in [0, 0.1) is 17.0 Å². The van der Waals surface area contributed by atoms with Crippen molar-refractivity contribution < 1.29 is 14.8 Å². The minimum atomic E-state index is -0.499. The number of aliphatic hydroxyl groups excluding tert-OH is 1. The smallest absolute Gasteiger partial charge is 0.271 e. The molecule has 0 aliphatic heterocycles. The third-order valence-electron chi connectivity index (χ3n) is 2.52. The van der Waals surface area contributed by atoms with Gasteiger partial charge in [0.15, 0.2) is 0 Å². The van der Waals surface area contributed by atoms with Gasteiger partial charge in [-0.05, 0) is 25.3 Å². The van der Waals surface area contributed by atoms with Gasteiger partial charge in [-0.2, -0.15) is 0 Å². The molecule has 0 atom stereocenters. The Hall–Kier alpha value is -1.95. The van der Waals surface area contributed by atoms with E-state index in [-0.39, 0.29) is 18.2 Å². The number of nitrogens with one attached hydrogen (secondary N) is 1. The van der Waals surface area contributed by atoms with Gasteiger partial charge in [-0.15, -0.1) is 0 Å². The van der Waals surface area contributed by atoms with E-state index in [1.54, 1.807) is 13.0 Å². The van der Waals surface area contributed by atoms with Crippen LogP contribution in [-0.4, -0.2) is 22.5 Å². The first-order chi connectivity index (χ1) is 8.54. The number of hydrogen-bond donors (Lipinski definition) is 2. The van der Waals surface area contributed by atoms with E-state index >= 15 is 0 Å². The first-order valence-electron chi connectivity index (χ1n) is 5.70. The van der Waals surface area contributed by atoms with E-state index in [1.807, 2.05) is 0 Å². The van der Waals surface area contributed by atoms with Crippen LogP contribution in [0.5, 0.6) is 0 Å². The highest BCUT2D eigenvalue weighted by Crippen LogP contribution is 2.22. The highest BCUT2D eigenvalue weighted by molar-refractivity contribution is 5.91. The summed E-state index contributed by atoms with van der Waals surface area (Å²) in [5.74, 6) is -0.202. The molecule has 0 saturated heterocycles. The number of aliphatic hydroxyl groups is 1. The minimum Gasteiger partial charge on any atom is -0.396 e. The summed E-state index contributed by atoms with van der Waals surface area (Å²) < 4.78 is 0. The number of benzene rings is 1. The molecule has 1 rings (SSSR count). The SMILES string of the molecule is Cc1ccc([N+](=O)[O-])cc1NC(=O)CCCCO. The molecule has 1 aromatic carbocycles. The van der Waals surface area contributed by atoms with Crippen LogP contribution in [0.2, 0.25) is 0 Å². The van der Waals surface area contributed by atoms with E-state index in [1.165, 1.54) is 12.1 Å². The lowest BCUT2D eigenvalue weighted by atomic mass is 10.1. The molecular weight excluding hydrogens is 236 g/mol. The maximum atomic E-state index is 11.6. The molecule has 0 bridgehead atoms. The quantitative estimate of drug-likeness (QED) is 0.460. The first-order valence-corrected chi connectivity index (χ1v) is 5.70. The molecule has 1 aromatic rings. The number of carbonyl (C=O) groups excluding carboxylic acids is 1. The Labute approximate surface area is 105 Å². The van der Waals surface area contributed by atoms with Crippen molar-refractivity contribution in [1.29, 1.82) is 0 Å². The van der Waals surface area contributed by atoms with Gasteiger partial charge in [-0.25, -0.2) is 0 Å². The summed E-state index contributed by atoms with van der Waals surface area (Å²) in [4.78, 5) is 21.7. The zero-order chi connectivity index (χ0) is 13.5. The van der Waals surface area contributed by atoms with Crippen LogP contribution in [0.3, 0.4) is 0 Å². The van der Waals surface area contributed by atoms with Gasteiger partial charge in [0.2, 0.25) is 5.91 Å². The van der Waals surface area contributed by atoms with E-state index in [4.69, 9.17) is 5.11 Å². The van der Waals surface area contributed by atoms with Crippen molar-refractivity contribution in [3.8, 4) is 0 Å². The number of unbranched alkanes of at least 4 members (excludes halogenated alkanes) is 1. The molecule has 0 saturated carbocycles. The third kappa shape index (κ3) is 4.14. The number of nitro groups is 1. The number of anilines is 1. The van der Waals surface area contributed by atoms with Gasteiger partial charge in [0.25, 0.3) is 5.69 Å². The summed E-state index contributed by atoms with van der Waals surface area (Å²) in [7, 11) is 0. The summed E-state index contributed by atoms with van der Waals surface area (Å²) in [5, 5.41) is 21.9. The summed E-state index contributed by atoms with van der Waals surface area (Å²) in [6, 6.07) is 4.34. The van der Waals surface area contributed by atoms with Crippen molar-refractivity contribution in [2.45, 2.75) is 26.2 Å². The molecule has 6 heteroatoms. The lowest BCUT2D eigenvalue weighted by Gasteiger charge is -2.07. The number of carbonyl (C=O) groups is 1. The molecule has 0 aliphatic carbocycles. The van der Waals surface area contributed by atoms with Crippen molar-refractivity contribution >= 4 is 17.3 Å². The van der Waals surface area contributed by atoms with E-state index < -0.39 is 4.92 Å². The van der Waals surface area contributed by atoms with Crippen molar-refractivity contribution in [2.24, 2.45) is 0 Å². The molecule has 1 amide bonds. The summed E-state index contributed by atoms with van der Waals surface area (Å²) in [5.41, 5.74) is 1.18. The second kappa shape index (κ2) is 6.70. The summed E-state index contributed by atoms with van der Waals surface area (Å²) >= 11 is 0. The second-order valence-corrected chi connectivity index (χ2v) is 3.99. The molecule has 0 aromatic heterocycles. The maximum Gasteiger partial charge on any atom is 0.271 e. The Balaban J connectivity index is 2.68. The van der Waals surface area contributed by atoms with Gasteiger partial charge in [0.05, 0.1) is 10.6 Å². The number of amides is 1. The molecular formula is C12H16N2O4. The average molecular weight is 252 g/mol. The minimum absolute atomic E-state index is 0.0498. The summed E-state index contributed by atoms with van der Waals surface area (Å²) in [6.07, 6.45) is 1.46. The number of aryl methyl sites for hydroxylation is 1. The van der Waals surface area contributed by atoms with Crippen LogP contribution in [0.25, 0.3) is 0 Å². The van der Waals surface area contributed by atoms with Crippen molar-refractivity contribution in [2.75, 3.05) is 11.9 Å². The van der Waals surface area contributed by atoms with E-state index in [9.17, 15) is 14.9 Å². The van der Waals surface area contributed by atoms with Gasteiger partial charge in [-0.1, -0.05) is 6.07 Å². The molecule has 2 N–H and O–H groups in total. The van der Waals surface area contributed by atoms with Crippen molar-refractivity contribution in [3.63, 3.8) is 0 Å². The van der Waals surface area contributed by atoms with Gasteiger partial charge < -0.3 is 10.4 Å². The fraction of sp³-hybridized carbons (Fsp3) is 0.417. The largest absolute Gasteiger partial charge is 0.396 e. The van der Waals surface area contributed by atoms with Gasteiger partial charge in [0.1, 0.15) is 0 Å². The fourth-order valence-electron chi connectivity index (χ4n) is 1.47. The Morgan fingerprint density at radius 1 is 1.44 bits per heavy atom. The molecule has 0 fully saturated rings. The first kappa shape index (κ1) is 14.1. The fourth-order valence-corrected chi connectivity index (χ4v) is 1.47. The predicted octanol–water partition coefficient (Wildman–Crippen LogP) is 2.00. The normalized spacial score (nSPS) is 10.1. The predicted molar refractivity (Wildman–Crippen MR) is 67.4 cm³/mol. The highest BCUT2D eigenvalue weighted by atomic mass is 16.6. The lowest BCUT2D eigenvalue weighted by Crippen LogP contribution is -2.12. The topological polar surface area (TPSA) is 92.5 Å². The molecule has 0 heterocycles. The Morgan fingerprint density at radius 2 is 2.17 bits per heavy atom. The zero-order valence-corrected chi connectivity index (χ0v) is 10.2. The molecule has 6 nitrogen and oxygen atoms in total. The number of rotatable bonds is 6. The second-order valence-electron chi connectivity index (χ2n) is 3.99. The van der Waals surface area contributed by atoms with E-state index in [2.05, 4.69) is 5.32 Å². The van der Waals surface area contributed by atoms with Crippen molar-refractivity contribution in [3.05, 3.63) is 33.9 Å². The molecule has 0 radical (unpaired) electrons. The van der Waals surface area contributed by atoms with Crippen molar-refractivity contribution in [1.82, 2.24) is 0 Å². The van der Waals surface area contributed by atoms with E-state index in [0.717, 1.165) is 5.56 Å². The Kier molecular flexibility index (Phi) is 5.26. The number of nitrogens with zero attached hydrogens (tertiary/aromatic N) is 1. The Bertz CT molecular complexity index is 446. The molecule has 0 aliphatic rings. The summed E-state index contributed by atoms with van der Waals surface area (Å²) in [6.45, 7) is 1.83. The maximum absolute atomic E-state index is 11.6. The average Bonchev–Trinajstić information content (AvgIpc) is 2.32. The monoisotopic (exact) mass is 252 g/mol. The van der Waals surface area contributed by atoms with Gasteiger partial charge in [-0.3, -0.25) is 14.9 Å². The molecule has 18 heavy (non-hydrogen) atoms. The standard InChI is InChI=1S/C12H16N2O4/c1-9-5-6-10(14(17)18)8-11(9)13-12(16)4-2-3-7-15/h5-6,8,15H,2-4,7H2,1H3,(H,13,16). The Morgan fingerprint density at radius 3 is 2.78 bits per heavy atom. The van der Waals surface area contributed by atoms with Crippen LogP contribution < -0.4 is 5.32 Å². The van der Waals surface area contributed by atoms with Gasteiger partial charge in [0, 0.05) is 25.2 Å². The zero-order valence-electron chi connectivity index (χ0n) is 10.2. The number of hydrogen-bond acceptors (Lipinski definition) is 4. The molecule has 0 unspecified atom stereocenters. The van der Waals surface area contributed by atoms with Crippen LogP contribution in [0.15, 0.2) is 18.2 Å². The molecule has 98 valence electrons. The highest BCUT2D eigenvalue weighted by Gasteiger charge is 2.10. The third-order valence-corrected chi connectivity index (χ3v) is 2.52. The van der Waals surface area contributed by atoms with E-state index in [0.29, 0.717) is 24.9 Å². The van der Waals surface area contributed by atoms with Crippen LogP contribution in [0.1, 0.15) is 24.8 Å².